The van der Waals surface area contributed by atoms with Crippen LogP contribution in [0.5, 0.6) is 5.75 Å². The first-order chi connectivity index (χ1) is 13.0. The average Bonchev–Trinajstić information content (AvgIpc) is 2.67. The highest BCUT2D eigenvalue weighted by molar-refractivity contribution is 5.98. The second-order valence-electron chi connectivity index (χ2n) is 5.80. The largest absolute Gasteiger partial charge is 0.494 e. The summed E-state index contributed by atoms with van der Waals surface area (Å²) in [6, 6.07) is 15.6. The number of anilines is 1. The number of para-hydroxylation sites is 1. The SMILES string of the molecule is CCOc1ccc(C(=O)NCC(=O)N(C)CC(=O)Nc2ccccc2)cc1. The van der Waals surface area contributed by atoms with E-state index in [1.54, 1.807) is 48.5 Å². The summed E-state index contributed by atoms with van der Waals surface area (Å²) >= 11 is 0. The van der Waals surface area contributed by atoms with Crippen LogP contribution in [-0.2, 0) is 9.59 Å². The molecule has 0 aliphatic heterocycles. The Hall–Kier alpha value is -3.35. The van der Waals surface area contributed by atoms with Crippen molar-refractivity contribution in [3.05, 3.63) is 60.2 Å². The number of carbonyl (C=O) groups excluding carboxylic acids is 3. The van der Waals surface area contributed by atoms with Gasteiger partial charge in [-0.1, -0.05) is 18.2 Å². The summed E-state index contributed by atoms with van der Waals surface area (Å²) in [5, 5.41) is 5.25. The number of nitrogens with zero attached hydrogens (tertiary/aromatic N) is 1. The number of ether oxygens (including phenoxy) is 1. The van der Waals surface area contributed by atoms with E-state index in [-0.39, 0.29) is 30.8 Å². The number of carbonyl (C=O) groups is 3. The number of amides is 3. The summed E-state index contributed by atoms with van der Waals surface area (Å²) in [4.78, 5) is 37.4. The molecule has 27 heavy (non-hydrogen) atoms. The summed E-state index contributed by atoms with van der Waals surface area (Å²) in [5.41, 5.74) is 1.09. The molecule has 7 nitrogen and oxygen atoms in total. The van der Waals surface area contributed by atoms with Crippen LogP contribution in [0.15, 0.2) is 54.6 Å². The van der Waals surface area contributed by atoms with Gasteiger partial charge in [0.2, 0.25) is 11.8 Å². The topological polar surface area (TPSA) is 87.7 Å². The van der Waals surface area contributed by atoms with Crippen molar-refractivity contribution in [3.63, 3.8) is 0 Å². The van der Waals surface area contributed by atoms with Crippen molar-refractivity contribution in [3.8, 4) is 5.75 Å². The molecule has 7 heteroatoms. The molecule has 142 valence electrons. The molecule has 0 aromatic heterocycles. The van der Waals surface area contributed by atoms with Gasteiger partial charge in [-0.2, -0.15) is 0 Å². The molecule has 0 aliphatic rings. The summed E-state index contributed by atoms with van der Waals surface area (Å²) in [5.74, 6) is -0.366. The highest BCUT2D eigenvalue weighted by atomic mass is 16.5. The predicted molar refractivity (Wildman–Crippen MR) is 103 cm³/mol. The third-order valence-electron chi connectivity index (χ3n) is 3.69. The Morgan fingerprint density at radius 1 is 1.00 bits per heavy atom. The smallest absolute Gasteiger partial charge is 0.251 e. The molecule has 0 aliphatic carbocycles. The Balaban J connectivity index is 1.78. The average molecular weight is 369 g/mol. The van der Waals surface area contributed by atoms with E-state index in [0.29, 0.717) is 23.6 Å². The van der Waals surface area contributed by atoms with E-state index in [9.17, 15) is 14.4 Å². The third-order valence-corrected chi connectivity index (χ3v) is 3.69. The fourth-order valence-electron chi connectivity index (χ4n) is 2.29. The molecule has 0 atom stereocenters. The zero-order valence-electron chi connectivity index (χ0n) is 15.4. The van der Waals surface area contributed by atoms with Gasteiger partial charge < -0.3 is 20.3 Å². The van der Waals surface area contributed by atoms with Crippen LogP contribution in [0, 0.1) is 0 Å². The van der Waals surface area contributed by atoms with Crippen molar-refractivity contribution in [1.82, 2.24) is 10.2 Å². The van der Waals surface area contributed by atoms with Crippen LogP contribution in [0.4, 0.5) is 5.69 Å². The lowest BCUT2D eigenvalue weighted by atomic mass is 10.2. The Morgan fingerprint density at radius 3 is 2.30 bits per heavy atom. The number of nitrogens with one attached hydrogen (secondary N) is 2. The van der Waals surface area contributed by atoms with Gasteiger partial charge in [0.05, 0.1) is 19.7 Å². The second-order valence-corrected chi connectivity index (χ2v) is 5.80. The zero-order chi connectivity index (χ0) is 19.6. The minimum absolute atomic E-state index is 0.105. The van der Waals surface area contributed by atoms with Gasteiger partial charge >= 0.3 is 0 Å². The minimum atomic E-state index is -0.367. The van der Waals surface area contributed by atoms with Gasteiger partial charge in [-0.15, -0.1) is 0 Å². The molecule has 0 heterocycles. The van der Waals surface area contributed by atoms with Crippen LogP contribution in [0.25, 0.3) is 0 Å². The monoisotopic (exact) mass is 369 g/mol. The van der Waals surface area contributed by atoms with Crippen LogP contribution in [-0.4, -0.2) is 49.4 Å². The predicted octanol–water partition coefficient (Wildman–Crippen LogP) is 1.91. The summed E-state index contributed by atoms with van der Waals surface area (Å²) in [6.07, 6.45) is 0. The maximum atomic E-state index is 12.1. The quantitative estimate of drug-likeness (QED) is 0.744. The molecule has 0 radical (unpaired) electrons. The highest BCUT2D eigenvalue weighted by Crippen LogP contribution is 2.11. The van der Waals surface area contributed by atoms with Crippen LogP contribution in [0.1, 0.15) is 17.3 Å². The summed E-state index contributed by atoms with van der Waals surface area (Å²) in [6.45, 7) is 2.13. The molecule has 0 bridgehead atoms. The first-order valence-electron chi connectivity index (χ1n) is 8.59. The van der Waals surface area contributed by atoms with Crippen LogP contribution < -0.4 is 15.4 Å². The van der Waals surface area contributed by atoms with E-state index in [2.05, 4.69) is 10.6 Å². The normalized spacial score (nSPS) is 10.0. The molecule has 3 amide bonds. The Labute approximate surface area is 158 Å². The minimum Gasteiger partial charge on any atom is -0.494 e. The molecule has 0 saturated carbocycles. The molecule has 0 saturated heterocycles. The number of hydrogen-bond acceptors (Lipinski definition) is 4. The van der Waals surface area contributed by atoms with Gasteiger partial charge in [0.15, 0.2) is 0 Å². The van der Waals surface area contributed by atoms with Gasteiger partial charge in [0.25, 0.3) is 5.91 Å². The lowest BCUT2D eigenvalue weighted by Crippen LogP contribution is -2.41. The maximum Gasteiger partial charge on any atom is 0.251 e. The first kappa shape index (κ1) is 20.0. The maximum absolute atomic E-state index is 12.1. The molecular weight excluding hydrogens is 346 g/mol. The highest BCUT2D eigenvalue weighted by Gasteiger charge is 2.14. The van der Waals surface area contributed by atoms with Gasteiger partial charge in [0.1, 0.15) is 5.75 Å². The van der Waals surface area contributed by atoms with Gasteiger partial charge in [0, 0.05) is 18.3 Å². The van der Waals surface area contributed by atoms with Crippen LogP contribution >= 0.6 is 0 Å². The molecular formula is C20H23N3O4. The van der Waals surface area contributed by atoms with E-state index in [1.807, 2.05) is 13.0 Å². The van der Waals surface area contributed by atoms with Gasteiger partial charge in [-0.3, -0.25) is 14.4 Å². The van der Waals surface area contributed by atoms with Crippen molar-refractivity contribution in [1.29, 1.82) is 0 Å². The summed E-state index contributed by atoms with van der Waals surface area (Å²) in [7, 11) is 1.51. The number of likely N-dealkylation sites (N-methyl/N-ethyl adjacent to an activating group) is 1. The van der Waals surface area contributed by atoms with E-state index in [4.69, 9.17) is 4.74 Å². The van der Waals surface area contributed by atoms with Crippen molar-refractivity contribution < 1.29 is 19.1 Å². The standard InChI is InChI=1S/C20H23N3O4/c1-3-27-17-11-9-15(10-12-17)20(26)21-13-19(25)23(2)14-18(24)22-16-7-5-4-6-8-16/h4-12H,3,13-14H2,1-2H3,(H,21,26)(H,22,24). The Kier molecular flexibility index (Phi) is 7.37. The third kappa shape index (κ3) is 6.47. The lowest BCUT2D eigenvalue weighted by molar-refractivity contribution is -0.132. The number of hydrogen-bond donors (Lipinski definition) is 2. The van der Waals surface area contributed by atoms with Gasteiger partial charge in [-0.05, 0) is 43.3 Å². The van der Waals surface area contributed by atoms with E-state index in [1.165, 1.54) is 11.9 Å². The molecule has 0 spiro atoms. The molecule has 2 aromatic carbocycles. The van der Waals surface area contributed by atoms with E-state index < -0.39 is 0 Å². The van der Waals surface area contributed by atoms with Crippen molar-refractivity contribution >= 4 is 23.4 Å². The molecule has 2 aromatic rings. The van der Waals surface area contributed by atoms with Crippen LogP contribution in [0.2, 0.25) is 0 Å². The van der Waals surface area contributed by atoms with Gasteiger partial charge in [-0.25, -0.2) is 0 Å². The molecule has 2 rings (SSSR count). The first-order valence-corrected chi connectivity index (χ1v) is 8.59. The Bertz CT molecular complexity index is 776. The Morgan fingerprint density at radius 2 is 1.67 bits per heavy atom. The second kappa shape index (κ2) is 9.96. The van der Waals surface area contributed by atoms with Crippen LogP contribution in [0.3, 0.4) is 0 Å². The lowest BCUT2D eigenvalue weighted by Gasteiger charge is -2.17. The number of benzene rings is 2. The molecule has 0 unspecified atom stereocenters. The van der Waals surface area contributed by atoms with Crippen molar-refractivity contribution in [2.75, 3.05) is 32.1 Å². The van der Waals surface area contributed by atoms with E-state index >= 15 is 0 Å². The fraction of sp³-hybridized carbons (Fsp3) is 0.250. The van der Waals surface area contributed by atoms with E-state index in [0.717, 1.165) is 0 Å². The fourth-order valence-corrected chi connectivity index (χ4v) is 2.29. The zero-order valence-corrected chi connectivity index (χ0v) is 15.4. The number of rotatable bonds is 8. The van der Waals surface area contributed by atoms with Crippen molar-refractivity contribution in [2.24, 2.45) is 0 Å². The summed E-state index contributed by atoms with van der Waals surface area (Å²) < 4.78 is 5.32. The molecule has 2 N–H and O–H groups in total. The van der Waals surface area contributed by atoms with Crippen molar-refractivity contribution in [2.45, 2.75) is 6.92 Å². The molecule has 0 fully saturated rings.